The Balaban J connectivity index is 2.17. The van der Waals surface area contributed by atoms with E-state index in [1.807, 2.05) is 18.2 Å². The first-order chi connectivity index (χ1) is 10.0. The van der Waals surface area contributed by atoms with Crippen LogP contribution < -0.4 is 9.47 Å². The van der Waals surface area contributed by atoms with Crippen LogP contribution in [0.5, 0.6) is 11.5 Å². The highest BCUT2D eigenvalue weighted by molar-refractivity contribution is 9.10. The Morgan fingerprint density at radius 1 is 1.24 bits per heavy atom. The molecule has 0 fully saturated rings. The predicted molar refractivity (Wildman–Crippen MR) is 83.4 cm³/mol. The molecule has 0 spiro atoms. The lowest BCUT2D eigenvalue weighted by Crippen LogP contribution is -2.01. The topological polar surface area (TPSA) is 55.8 Å². The second-order valence-corrected chi connectivity index (χ2v) is 5.52. The molecule has 0 atom stereocenters. The van der Waals surface area contributed by atoms with Gasteiger partial charge in [-0.3, -0.25) is 0 Å². The van der Waals surface area contributed by atoms with Crippen molar-refractivity contribution in [2.75, 3.05) is 7.11 Å². The fourth-order valence-corrected chi connectivity index (χ4v) is 2.41. The quantitative estimate of drug-likeness (QED) is 0.847. The number of hydrogen-bond donors (Lipinski definition) is 1. The van der Waals surface area contributed by atoms with Gasteiger partial charge in [-0.2, -0.15) is 0 Å². The van der Waals surface area contributed by atoms with Crippen molar-refractivity contribution in [2.24, 2.45) is 0 Å². The zero-order valence-corrected chi connectivity index (χ0v) is 13.4. The predicted octanol–water partition coefficient (Wildman–Crippen LogP) is 4.39. The smallest absolute Gasteiger partial charge is 0.335 e. The lowest BCUT2D eigenvalue weighted by atomic mass is 10.2. The highest BCUT2D eigenvalue weighted by Crippen LogP contribution is 2.29. The SMILES string of the molecule is COc1ccc(Br)cc1COc1ccc(C(=O)O)cc1Cl. The van der Waals surface area contributed by atoms with E-state index in [0.717, 1.165) is 10.0 Å². The second-order valence-electron chi connectivity index (χ2n) is 4.20. The number of benzene rings is 2. The number of methoxy groups -OCH3 is 1. The molecule has 2 aromatic rings. The van der Waals surface area contributed by atoms with Crippen LogP contribution in [0.15, 0.2) is 40.9 Å². The van der Waals surface area contributed by atoms with Crippen LogP contribution in [0, 0.1) is 0 Å². The van der Waals surface area contributed by atoms with Gasteiger partial charge in [-0.15, -0.1) is 0 Å². The van der Waals surface area contributed by atoms with E-state index in [0.29, 0.717) is 11.5 Å². The summed E-state index contributed by atoms with van der Waals surface area (Å²) in [4.78, 5) is 10.8. The maximum Gasteiger partial charge on any atom is 0.335 e. The molecular weight excluding hydrogens is 360 g/mol. The minimum absolute atomic E-state index is 0.118. The molecule has 0 aliphatic rings. The molecule has 6 heteroatoms. The standard InChI is InChI=1S/C15H12BrClO4/c1-20-13-5-3-11(16)6-10(13)8-21-14-4-2-9(15(18)19)7-12(14)17/h2-7H,8H2,1H3,(H,18,19). The number of hydrogen-bond acceptors (Lipinski definition) is 3. The molecule has 0 bridgehead atoms. The van der Waals surface area contributed by atoms with Gasteiger partial charge in [0.05, 0.1) is 17.7 Å². The molecule has 0 radical (unpaired) electrons. The van der Waals surface area contributed by atoms with Crippen LogP contribution in [0.2, 0.25) is 5.02 Å². The van der Waals surface area contributed by atoms with E-state index in [1.54, 1.807) is 7.11 Å². The van der Waals surface area contributed by atoms with Crippen LogP contribution in [0.3, 0.4) is 0 Å². The minimum Gasteiger partial charge on any atom is -0.496 e. The van der Waals surface area contributed by atoms with Crippen molar-refractivity contribution in [2.45, 2.75) is 6.61 Å². The number of carboxylic acids is 1. The molecule has 2 rings (SSSR count). The van der Waals surface area contributed by atoms with Crippen molar-refractivity contribution in [1.29, 1.82) is 0 Å². The van der Waals surface area contributed by atoms with Gasteiger partial charge in [0, 0.05) is 10.0 Å². The maximum absolute atomic E-state index is 10.8. The highest BCUT2D eigenvalue weighted by atomic mass is 79.9. The Bertz CT molecular complexity index is 673. The van der Waals surface area contributed by atoms with Gasteiger partial charge in [0.2, 0.25) is 0 Å². The van der Waals surface area contributed by atoms with Crippen LogP contribution in [-0.4, -0.2) is 18.2 Å². The number of carboxylic acid groups (broad SMARTS) is 1. The number of aromatic carboxylic acids is 1. The van der Waals surface area contributed by atoms with E-state index in [4.69, 9.17) is 26.2 Å². The molecular formula is C15H12BrClO4. The Hall–Kier alpha value is -1.72. The Kier molecular flexibility index (Phi) is 5.09. The van der Waals surface area contributed by atoms with Crippen molar-refractivity contribution in [1.82, 2.24) is 0 Å². The largest absolute Gasteiger partial charge is 0.496 e. The van der Waals surface area contributed by atoms with Gasteiger partial charge < -0.3 is 14.6 Å². The molecule has 0 heterocycles. The van der Waals surface area contributed by atoms with E-state index in [1.165, 1.54) is 18.2 Å². The van der Waals surface area contributed by atoms with Gasteiger partial charge in [0.25, 0.3) is 0 Å². The average Bonchev–Trinajstić information content (AvgIpc) is 2.46. The minimum atomic E-state index is -1.03. The third kappa shape index (κ3) is 3.89. The third-order valence-electron chi connectivity index (χ3n) is 2.80. The summed E-state index contributed by atoms with van der Waals surface area (Å²) in [5.74, 6) is 0.0947. The summed E-state index contributed by atoms with van der Waals surface area (Å²) in [5.41, 5.74) is 0.970. The normalized spacial score (nSPS) is 10.2. The molecule has 2 aromatic carbocycles. The van der Waals surface area contributed by atoms with Crippen LogP contribution in [0.4, 0.5) is 0 Å². The molecule has 0 saturated carbocycles. The lowest BCUT2D eigenvalue weighted by Gasteiger charge is -2.12. The van der Waals surface area contributed by atoms with Gasteiger partial charge in [-0.05, 0) is 36.4 Å². The van der Waals surface area contributed by atoms with Crippen molar-refractivity contribution in [3.8, 4) is 11.5 Å². The molecule has 21 heavy (non-hydrogen) atoms. The number of rotatable bonds is 5. The Morgan fingerprint density at radius 3 is 2.57 bits per heavy atom. The first-order valence-electron chi connectivity index (χ1n) is 5.99. The Morgan fingerprint density at radius 2 is 1.95 bits per heavy atom. The van der Waals surface area contributed by atoms with Gasteiger partial charge in [-0.25, -0.2) is 4.79 Å². The fraction of sp³-hybridized carbons (Fsp3) is 0.133. The first-order valence-corrected chi connectivity index (χ1v) is 7.16. The summed E-state index contributed by atoms with van der Waals surface area (Å²) in [6.45, 7) is 0.259. The summed E-state index contributed by atoms with van der Waals surface area (Å²) in [6, 6.07) is 9.93. The zero-order valence-electron chi connectivity index (χ0n) is 11.1. The fourth-order valence-electron chi connectivity index (χ4n) is 1.77. The van der Waals surface area contributed by atoms with E-state index < -0.39 is 5.97 Å². The summed E-state index contributed by atoms with van der Waals surface area (Å²) < 4.78 is 11.8. The number of halogens is 2. The van der Waals surface area contributed by atoms with Crippen molar-refractivity contribution < 1.29 is 19.4 Å². The summed E-state index contributed by atoms with van der Waals surface area (Å²) in [7, 11) is 1.58. The molecule has 0 aliphatic heterocycles. The molecule has 0 amide bonds. The lowest BCUT2D eigenvalue weighted by molar-refractivity contribution is 0.0697. The van der Waals surface area contributed by atoms with Gasteiger partial charge in [0.15, 0.2) is 0 Å². The molecule has 0 unspecified atom stereocenters. The summed E-state index contributed by atoms with van der Waals surface area (Å²) in [5, 5.41) is 9.14. The van der Waals surface area contributed by atoms with Gasteiger partial charge in [-0.1, -0.05) is 27.5 Å². The van der Waals surface area contributed by atoms with E-state index in [2.05, 4.69) is 15.9 Å². The van der Waals surface area contributed by atoms with Crippen LogP contribution in [0.1, 0.15) is 15.9 Å². The van der Waals surface area contributed by atoms with E-state index >= 15 is 0 Å². The third-order valence-corrected chi connectivity index (χ3v) is 3.59. The van der Waals surface area contributed by atoms with Gasteiger partial charge in [0.1, 0.15) is 18.1 Å². The summed E-state index contributed by atoms with van der Waals surface area (Å²) in [6.07, 6.45) is 0. The van der Waals surface area contributed by atoms with E-state index in [-0.39, 0.29) is 17.2 Å². The second kappa shape index (κ2) is 6.83. The monoisotopic (exact) mass is 370 g/mol. The van der Waals surface area contributed by atoms with Crippen molar-refractivity contribution in [3.63, 3.8) is 0 Å². The van der Waals surface area contributed by atoms with Gasteiger partial charge >= 0.3 is 5.97 Å². The molecule has 0 aromatic heterocycles. The number of ether oxygens (including phenoxy) is 2. The Labute approximate surface area is 135 Å². The molecule has 1 N–H and O–H groups in total. The average molecular weight is 372 g/mol. The van der Waals surface area contributed by atoms with Crippen molar-refractivity contribution in [3.05, 3.63) is 57.0 Å². The highest BCUT2D eigenvalue weighted by Gasteiger charge is 2.10. The maximum atomic E-state index is 10.8. The van der Waals surface area contributed by atoms with E-state index in [9.17, 15) is 4.79 Å². The first kappa shape index (κ1) is 15.7. The summed E-state index contributed by atoms with van der Waals surface area (Å²) >= 11 is 9.41. The molecule has 4 nitrogen and oxygen atoms in total. The zero-order chi connectivity index (χ0) is 15.4. The van der Waals surface area contributed by atoms with Crippen molar-refractivity contribution >= 4 is 33.5 Å². The van der Waals surface area contributed by atoms with Crippen LogP contribution in [0.25, 0.3) is 0 Å². The molecule has 0 saturated heterocycles. The number of carbonyl (C=O) groups is 1. The van der Waals surface area contributed by atoms with Crippen LogP contribution >= 0.6 is 27.5 Å². The van der Waals surface area contributed by atoms with Crippen LogP contribution in [-0.2, 0) is 6.61 Å². The molecule has 0 aliphatic carbocycles. The molecule has 110 valence electrons.